The van der Waals surface area contributed by atoms with Crippen LogP contribution in [-0.2, 0) is 4.79 Å². The normalized spacial score (nSPS) is 12.8. The van der Waals surface area contributed by atoms with E-state index >= 15 is 0 Å². The van der Waals surface area contributed by atoms with Gasteiger partial charge in [-0.05, 0) is 24.6 Å². The lowest BCUT2D eigenvalue weighted by atomic mass is 10.1. The third-order valence-electron chi connectivity index (χ3n) is 2.27. The minimum atomic E-state index is -0.986. The largest absolute Gasteiger partial charge is 0.480 e. The van der Waals surface area contributed by atoms with E-state index in [0.717, 1.165) is 0 Å². The van der Waals surface area contributed by atoms with Crippen LogP contribution in [0.25, 0.3) is 0 Å². The molecule has 1 unspecified atom stereocenters. The molecule has 0 fully saturated rings. The first-order chi connectivity index (χ1) is 7.93. The molecule has 0 amide bonds. The van der Waals surface area contributed by atoms with Gasteiger partial charge >= 0.3 is 5.97 Å². The van der Waals surface area contributed by atoms with E-state index in [4.69, 9.17) is 23.2 Å². The highest BCUT2D eigenvalue weighted by atomic mass is 35.5. The van der Waals surface area contributed by atoms with Crippen molar-refractivity contribution in [1.82, 2.24) is 5.32 Å². The molecular formula is C12H15Cl2NO2. The van der Waals surface area contributed by atoms with Gasteiger partial charge in [0.2, 0.25) is 0 Å². The Morgan fingerprint density at radius 1 is 1.35 bits per heavy atom. The van der Waals surface area contributed by atoms with Crippen molar-refractivity contribution in [2.24, 2.45) is 5.92 Å². The Balaban J connectivity index is 3.01. The molecule has 1 aromatic carbocycles. The summed E-state index contributed by atoms with van der Waals surface area (Å²) >= 11 is 12.0. The van der Waals surface area contributed by atoms with Crippen LogP contribution in [0, 0.1) is 5.92 Å². The van der Waals surface area contributed by atoms with Gasteiger partial charge in [-0.15, -0.1) is 0 Å². The molecule has 17 heavy (non-hydrogen) atoms. The van der Waals surface area contributed by atoms with Gasteiger partial charge in [-0.2, -0.15) is 0 Å². The number of carboxylic acid groups (broad SMARTS) is 1. The first-order valence-electron chi connectivity index (χ1n) is 5.33. The predicted molar refractivity (Wildman–Crippen MR) is 69.7 cm³/mol. The van der Waals surface area contributed by atoms with E-state index in [1.54, 1.807) is 18.2 Å². The van der Waals surface area contributed by atoms with Crippen molar-refractivity contribution in [3.8, 4) is 0 Å². The summed E-state index contributed by atoms with van der Waals surface area (Å²) in [5.74, 6) is -0.640. The van der Waals surface area contributed by atoms with Gasteiger partial charge < -0.3 is 10.4 Å². The van der Waals surface area contributed by atoms with Crippen molar-refractivity contribution in [1.29, 1.82) is 0 Å². The molecule has 0 bridgehead atoms. The predicted octanol–water partition coefficient (Wildman–Crippen LogP) is 3.36. The van der Waals surface area contributed by atoms with E-state index in [-0.39, 0.29) is 0 Å². The molecule has 2 N–H and O–H groups in total. The maximum atomic E-state index is 11.2. The van der Waals surface area contributed by atoms with Crippen molar-refractivity contribution >= 4 is 29.2 Å². The molecule has 3 nitrogen and oxygen atoms in total. The molecule has 0 spiro atoms. The van der Waals surface area contributed by atoms with Crippen molar-refractivity contribution in [3.63, 3.8) is 0 Å². The van der Waals surface area contributed by atoms with E-state index in [1.807, 2.05) is 13.8 Å². The van der Waals surface area contributed by atoms with Crippen LogP contribution in [0.3, 0.4) is 0 Å². The van der Waals surface area contributed by atoms with Crippen LogP contribution in [0.4, 0.5) is 0 Å². The lowest BCUT2D eigenvalue weighted by Gasteiger charge is -2.18. The minimum absolute atomic E-state index is 0.345. The maximum absolute atomic E-state index is 11.2. The molecule has 0 aliphatic rings. The summed E-state index contributed by atoms with van der Waals surface area (Å²) in [6.07, 6.45) is 0. The number of aliphatic carboxylic acids is 1. The zero-order valence-electron chi connectivity index (χ0n) is 9.71. The van der Waals surface area contributed by atoms with Gasteiger partial charge in [0.1, 0.15) is 6.04 Å². The van der Waals surface area contributed by atoms with Crippen LogP contribution in [0.1, 0.15) is 25.5 Å². The number of hydrogen-bond acceptors (Lipinski definition) is 2. The van der Waals surface area contributed by atoms with Gasteiger partial charge in [0.25, 0.3) is 0 Å². The first kappa shape index (κ1) is 14.3. The number of carbonyl (C=O) groups is 1. The number of halogens is 2. The number of nitrogens with one attached hydrogen (secondary N) is 1. The number of rotatable bonds is 5. The highest BCUT2D eigenvalue weighted by molar-refractivity contribution is 6.36. The van der Waals surface area contributed by atoms with Crippen LogP contribution in [0.2, 0.25) is 10.0 Å². The molecule has 94 valence electrons. The Morgan fingerprint density at radius 2 is 1.88 bits per heavy atom. The van der Waals surface area contributed by atoms with Gasteiger partial charge in [-0.25, -0.2) is 0 Å². The molecule has 1 rings (SSSR count). The van der Waals surface area contributed by atoms with Crippen molar-refractivity contribution in [3.05, 3.63) is 33.8 Å². The Morgan fingerprint density at radius 3 is 2.29 bits per heavy atom. The van der Waals surface area contributed by atoms with Gasteiger partial charge in [0, 0.05) is 15.6 Å². The van der Waals surface area contributed by atoms with Gasteiger partial charge in [0.05, 0.1) is 0 Å². The standard InChI is InChI=1S/C12H15Cl2NO2/c1-7(2)6-15-11(12(16)17)10-8(13)4-3-5-9(10)14/h3-5,7,11,15H,6H2,1-2H3,(H,16,17). The summed E-state index contributed by atoms with van der Waals surface area (Å²) in [5, 5.41) is 12.9. The molecule has 1 aromatic rings. The second-order valence-electron chi connectivity index (χ2n) is 4.21. The van der Waals surface area contributed by atoms with Crippen LogP contribution >= 0.6 is 23.2 Å². The smallest absolute Gasteiger partial charge is 0.325 e. The molecule has 0 heterocycles. The van der Waals surface area contributed by atoms with E-state index in [2.05, 4.69) is 5.32 Å². The lowest BCUT2D eigenvalue weighted by Crippen LogP contribution is -2.31. The third-order valence-corrected chi connectivity index (χ3v) is 2.92. The number of benzene rings is 1. The Labute approximate surface area is 111 Å². The number of hydrogen-bond donors (Lipinski definition) is 2. The molecule has 0 aromatic heterocycles. The molecule has 1 atom stereocenters. The molecule has 0 radical (unpaired) electrons. The Kier molecular flexibility index (Phi) is 5.25. The van der Waals surface area contributed by atoms with E-state index < -0.39 is 12.0 Å². The first-order valence-corrected chi connectivity index (χ1v) is 6.09. The van der Waals surface area contributed by atoms with E-state index in [0.29, 0.717) is 28.1 Å². The van der Waals surface area contributed by atoms with Gasteiger partial charge in [-0.1, -0.05) is 43.1 Å². The summed E-state index contributed by atoms with van der Waals surface area (Å²) in [4.78, 5) is 11.2. The summed E-state index contributed by atoms with van der Waals surface area (Å²) in [7, 11) is 0. The third kappa shape index (κ3) is 3.87. The van der Waals surface area contributed by atoms with Crippen LogP contribution in [0.5, 0.6) is 0 Å². The summed E-state index contributed by atoms with van der Waals surface area (Å²) in [6.45, 7) is 4.58. The van der Waals surface area contributed by atoms with E-state index in [9.17, 15) is 9.90 Å². The fraction of sp³-hybridized carbons (Fsp3) is 0.417. The van der Waals surface area contributed by atoms with Gasteiger partial charge in [0.15, 0.2) is 0 Å². The second kappa shape index (κ2) is 6.24. The van der Waals surface area contributed by atoms with Crippen LogP contribution in [0.15, 0.2) is 18.2 Å². The van der Waals surface area contributed by atoms with Crippen molar-refractivity contribution in [2.45, 2.75) is 19.9 Å². The fourth-order valence-corrected chi connectivity index (χ4v) is 2.07. The van der Waals surface area contributed by atoms with E-state index in [1.165, 1.54) is 0 Å². The van der Waals surface area contributed by atoms with Crippen LogP contribution in [-0.4, -0.2) is 17.6 Å². The topological polar surface area (TPSA) is 49.3 Å². The number of carboxylic acids is 1. The van der Waals surface area contributed by atoms with Crippen molar-refractivity contribution < 1.29 is 9.90 Å². The fourth-order valence-electron chi connectivity index (χ4n) is 1.45. The summed E-state index contributed by atoms with van der Waals surface area (Å²) < 4.78 is 0. The molecule has 0 saturated carbocycles. The zero-order chi connectivity index (χ0) is 13.0. The quantitative estimate of drug-likeness (QED) is 0.866. The average molecular weight is 276 g/mol. The highest BCUT2D eigenvalue weighted by Crippen LogP contribution is 2.30. The maximum Gasteiger partial charge on any atom is 0.325 e. The zero-order valence-corrected chi connectivity index (χ0v) is 11.2. The molecule has 0 aliphatic carbocycles. The molecule has 5 heteroatoms. The van der Waals surface area contributed by atoms with Crippen LogP contribution < -0.4 is 5.32 Å². The lowest BCUT2D eigenvalue weighted by molar-refractivity contribution is -0.139. The Hall–Kier alpha value is -0.770. The van der Waals surface area contributed by atoms with Crippen molar-refractivity contribution in [2.75, 3.05) is 6.54 Å². The molecule has 0 saturated heterocycles. The highest BCUT2D eigenvalue weighted by Gasteiger charge is 2.24. The molecular weight excluding hydrogens is 261 g/mol. The Bertz CT molecular complexity index is 387. The monoisotopic (exact) mass is 275 g/mol. The minimum Gasteiger partial charge on any atom is -0.480 e. The van der Waals surface area contributed by atoms with Gasteiger partial charge in [-0.3, -0.25) is 4.79 Å². The summed E-state index contributed by atoms with van der Waals surface area (Å²) in [6, 6.07) is 4.08. The SMILES string of the molecule is CC(C)CNC(C(=O)O)c1c(Cl)cccc1Cl. The molecule has 0 aliphatic heterocycles. The average Bonchev–Trinajstić information content (AvgIpc) is 2.21. The second-order valence-corrected chi connectivity index (χ2v) is 5.02. The summed E-state index contributed by atoms with van der Waals surface area (Å²) in [5.41, 5.74) is 0.420.